The molecular weight excluding hydrogens is 438 g/mol. The Morgan fingerprint density at radius 2 is 1.26 bits per heavy atom. The minimum Gasteiger partial charge on any atom is -0.466 e. The summed E-state index contributed by atoms with van der Waals surface area (Å²) in [6, 6.07) is 16.6. The summed E-state index contributed by atoms with van der Waals surface area (Å²) in [6.07, 6.45) is 7.00. The molecule has 3 aliphatic carbocycles. The molecule has 0 aromatic heterocycles. The van der Waals surface area contributed by atoms with Crippen molar-refractivity contribution in [3.05, 3.63) is 70.8 Å². The van der Waals surface area contributed by atoms with Gasteiger partial charge in [0.1, 0.15) is 0 Å². The fourth-order valence-electron chi connectivity index (χ4n) is 6.46. The van der Waals surface area contributed by atoms with E-state index in [-0.39, 0.29) is 41.5 Å². The van der Waals surface area contributed by atoms with E-state index < -0.39 is 0 Å². The molecule has 2 bridgehead atoms. The Balaban J connectivity index is 1.19. The summed E-state index contributed by atoms with van der Waals surface area (Å²) in [5.41, 5.74) is 4.81. The van der Waals surface area contributed by atoms with E-state index >= 15 is 0 Å². The van der Waals surface area contributed by atoms with Crippen molar-refractivity contribution < 1.29 is 19.1 Å². The lowest BCUT2D eigenvalue weighted by molar-refractivity contribution is -0.144. The van der Waals surface area contributed by atoms with Crippen LogP contribution in [0.2, 0.25) is 0 Å². The lowest BCUT2D eigenvalue weighted by Gasteiger charge is -2.45. The number of amides is 2. The van der Waals surface area contributed by atoms with E-state index in [0.717, 1.165) is 32.1 Å². The molecule has 2 aromatic carbocycles. The van der Waals surface area contributed by atoms with Gasteiger partial charge in [0, 0.05) is 24.8 Å². The van der Waals surface area contributed by atoms with Crippen molar-refractivity contribution in [3.8, 4) is 0 Å². The van der Waals surface area contributed by atoms with Gasteiger partial charge in [0.25, 0.3) is 0 Å². The number of likely N-dealkylation sites (tertiary alicyclic amines) is 1. The predicted molar refractivity (Wildman–Crippen MR) is 134 cm³/mol. The third-order valence-corrected chi connectivity index (χ3v) is 8.06. The quantitative estimate of drug-likeness (QED) is 0.243. The van der Waals surface area contributed by atoms with Gasteiger partial charge in [-0.1, -0.05) is 81.1 Å². The summed E-state index contributed by atoms with van der Waals surface area (Å²) in [5.74, 6) is -0.902. The highest BCUT2D eigenvalue weighted by atomic mass is 16.5. The highest BCUT2D eigenvalue weighted by Gasteiger charge is 2.61. The maximum atomic E-state index is 13.6. The van der Waals surface area contributed by atoms with Gasteiger partial charge in [-0.3, -0.25) is 19.3 Å². The van der Waals surface area contributed by atoms with Crippen LogP contribution in [-0.2, 0) is 19.1 Å². The monoisotopic (exact) mass is 473 g/mol. The van der Waals surface area contributed by atoms with Crippen molar-refractivity contribution >= 4 is 17.8 Å². The molecule has 2 aromatic rings. The van der Waals surface area contributed by atoms with Crippen molar-refractivity contribution in [2.75, 3.05) is 13.2 Å². The summed E-state index contributed by atoms with van der Waals surface area (Å²) in [5, 5.41) is 0. The molecule has 6 rings (SSSR count). The number of carbonyl (C=O) groups is 3. The smallest absolute Gasteiger partial charge is 0.305 e. The maximum Gasteiger partial charge on any atom is 0.305 e. The zero-order chi connectivity index (χ0) is 24.4. The molecule has 0 N–H and O–H groups in total. The summed E-state index contributed by atoms with van der Waals surface area (Å²) < 4.78 is 5.30. The van der Waals surface area contributed by atoms with Gasteiger partial charge in [0.2, 0.25) is 11.8 Å². The van der Waals surface area contributed by atoms with Gasteiger partial charge in [-0.25, -0.2) is 0 Å². The number of carbonyl (C=O) groups excluding carboxylic acids is 3. The number of imide groups is 1. The predicted octanol–water partition coefficient (Wildman–Crippen LogP) is 5.56. The van der Waals surface area contributed by atoms with Gasteiger partial charge < -0.3 is 4.74 Å². The Morgan fingerprint density at radius 3 is 1.77 bits per heavy atom. The lowest BCUT2D eigenvalue weighted by atomic mass is 9.55. The Bertz CT molecular complexity index is 994. The highest BCUT2D eigenvalue weighted by Crippen LogP contribution is 2.60. The topological polar surface area (TPSA) is 63.7 Å². The molecule has 1 saturated heterocycles. The fourth-order valence-corrected chi connectivity index (χ4v) is 6.46. The van der Waals surface area contributed by atoms with Crippen LogP contribution < -0.4 is 0 Å². The number of ether oxygens (including phenoxy) is 1. The molecule has 0 saturated carbocycles. The van der Waals surface area contributed by atoms with Gasteiger partial charge in [-0.15, -0.1) is 0 Å². The van der Waals surface area contributed by atoms with E-state index in [1.165, 1.54) is 40.0 Å². The first-order valence-electron chi connectivity index (χ1n) is 13.3. The van der Waals surface area contributed by atoms with E-state index in [1.54, 1.807) is 0 Å². The molecule has 5 nitrogen and oxygen atoms in total. The van der Waals surface area contributed by atoms with E-state index in [0.29, 0.717) is 19.6 Å². The number of nitrogens with zero attached hydrogens (tertiary/aromatic N) is 1. The van der Waals surface area contributed by atoms with E-state index in [1.807, 2.05) is 24.3 Å². The third-order valence-electron chi connectivity index (χ3n) is 8.06. The minimum atomic E-state index is -0.306. The second-order valence-corrected chi connectivity index (χ2v) is 10.2. The fraction of sp³-hybridized carbons (Fsp3) is 0.500. The molecule has 0 radical (unpaired) electrons. The van der Waals surface area contributed by atoms with Crippen LogP contribution in [0, 0.1) is 11.8 Å². The van der Waals surface area contributed by atoms with Gasteiger partial charge in [-0.05, 0) is 41.5 Å². The number of rotatable bonds is 11. The van der Waals surface area contributed by atoms with Gasteiger partial charge in [-0.2, -0.15) is 0 Å². The molecule has 2 atom stereocenters. The molecule has 1 fully saturated rings. The van der Waals surface area contributed by atoms with E-state index in [4.69, 9.17) is 4.74 Å². The Labute approximate surface area is 207 Å². The number of benzene rings is 2. The van der Waals surface area contributed by atoms with Crippen LogP contribution in [0.5, 0.6) is 0 Å². The maximum absolute atomic E-state index is 13.6. The first kappa shape index (κ1) is 23.8. The largest absolute Gasteiger partial charge is 0.466 e. The van der Waals surface area contributed by atoms with Crippen molar-refractivity contribution in [1.82, 2.24) is 4.90 Å². The molecule has 1 heterocycles. The molecule has 5 heteroatoms. The summed E-state index contributed by atoms with van der Waals surface area (Å²) in [7, 11) is 0. The Kier molecular flexibility index (Phi) is 7.03. The van der Waals surface area contributed by atoms with Crippen LogP contribution in [-0.4, -0.2) is 35.8 Å². The summed E-state index contributed by atoms with van der Waals surface area (Å²) in [4.78, 5) is 40.5. The molecule has 2 amide bonds. The number of esters is 1. The highest BCUT2D eigenvalue weighted by molar-refractivity contribution is 6.07. The third kappa shape index (κ3) is 4.30. The number of unbranched alkanes of at least 4 members (excludes halogenated alkanes) is 5. The number of hydrogen-bond acceptors (Lipinski definition) is 4. The minimum absolute atomic E-state index is 0.0227. The zero-order valence-corrected chi connectivity index (χ0v) is 20.6. The average molecular weight is 474 g/mol. The van der Waals surface area contributed by atoms with Crippen molar-refractivity contribution in [2.45, 2.75) is 70.1 Å². The van der Waals surface area contributed by atoms with Crippen LogP contribution >= 0.6 is 0 Å². The van der Waals surface area contributed by atoms with Crippen LogP contribution in [0.1, 0.15) is 92.4 Å². The molecular formula is C30H35NO4. The summed E-state index contributed by atoms with van der Waals surface area (Å²) >= 11 is 0. The number of hydrogen-bond donors (Lipinski definition) is 0. The van der Waals surface area contributed by atoms with Crippen LogP contribution in [0.4, 0.5) is 0 Å². The Morgan fingerprint density at radius 1 is 0.743 bits per heavy atom. The van der Waals surface area contributed by atoms with Gasteiger partial charge >= 0.3 is 5.97 Å². The molecule has 0 spiro atoms. The lowest BCUT2D eigenvalue weighted by Crippen LogP contribution is -2.41. The standard InChI is InChI=1S/C30H35NO4/c1-2-3-4-12-19-35-24(32)17-6-5-11-18-31-29(33)27-25-20-13-7-8-14-21(20)26(28(27)30(31)34)23-16-10-9-15-22(23)25/h7-10,13-16,25-28H,2-6,11-12,17-19H2,1H3/t25?,26?,27-,28+. The van der Waals surface area contributed by atoms with Crippen molar-refractivity contribution in [3.63, 3.8) is 0 Å². The van der Waals surface area contributed by atoms with Crippen LogP contribution in [0.3, 0.4) is 0 Å². The van der Waals surface area contributed by atoms with Crippen molar-refractivity contribution in [1.29, 1.82) is 0 Å². The second-order valence-electron chi connectivity index (χ2n) is 10.2. The molecule has 1 aliphatic heterocycles. The molecule has 4 aliphatic rings. The first-order chi connectivity index (χ1) is 17.1. The average Bonchev–Trinajstić information content (AvgIpc) is 3.13. The zero-order valence-electron chi connectivity index (χ0n) is 20.6. The molecule has 35 heavy (non-hydrogen) atoms. The molecule has 184 valence electrons. The van der Waals surface area contributed by atoms with Crippen molar-refractivity contribution in [2.24, 2.45) is 11.8 Å². The summed E-state index contributed by atoms with van der Waals surface area (Å²) in [6.45, 7) is 3.10. The second kappa shape index (κ2) is 10.3. The Hall–Kier alpha value is -2.95. The van der Waals surface area contributed by atoms with E-state index in [2.05, 4.69) is 31.2 Å². The van der Waals surface area contributed by atoms with Crippen LogP contribution in [0.15, 0.2) is 48.5 Å². The van der Waals surface area contributed by atoms with Crippen LogP contribution in [0.25, 0.3) is 0 Å². The molecule has 0 unspecified atom stereocenters. The SMILES string of the molecule is CCCCCCOC(=O)CCCCCN1C(=O)[C@@H]2C3c4ccccc4C(c4ccccc43)[C@@H]2C1=O. The van der Waals surface area contributed by atoms with Gasteiger partial charge in [0.15, 0.2) is 0 Å². The van der Waals surface area contributed by atoms with Gasteiger partial charge in [0.05, 0.1) is 18.4 Å². The van der Waals surface area contributed by atoms with E-state index in [9.17, 15) is 14.4 Å². The first-order valence-corrected chi connectivity index (χ1v) is 13.3. The normalized spacial score (nSPS) is 23.7.